The van der Waals surface area contributed by atoms with E-state index in [1.54, 1.807) is 13.2 Å². The number of benzene rings is 2. The fourth-order valence-corrected chi connectivity index (χ4v) is 5.24. The molecule has 168 valence electrons. The van der Waals surface area contributed by atoms with Gasteiger partial charge in [0.2, 0.25) is 10.0 Å². The van der Waals surface area contributed by atoms with Crippen molar-refractivity contribution < 1.29 is 32.2 Å². The molecule has 0 spiro atoms. The molecular weight excluding hydrogens is 424 g/mol. The predicted octanol–water partition coefficient (Wildman–Crippen LogP) is 2.04. The third-order valence-electron chi connectivity index (χ3n) is 5.14. The van der Waals surface area contributed by atoms with Crippen LogP contribution in [0.3, 0.4) is 0 Å². The van der Waals surface area contributed by atoms with Gasteiger partial charge in [0, 0.05) is 13.1 Å². The third kappa shape index (κ3) is 4.54. The van der Waals surface area contributed by atoms with Crippen molar-refractivity contribution in [2.24, 2.45) is 5.73 Å². The smallest absolute Gasteiger partial charge is 0.254 e. The van der Waals surface area contributed by atoms with Gasteiger partial charge in [0.1, 0.15) is 11.7 Å². The average Bonchev–Trinajstić information content (AvgIpc) is 2.78. The van der Waals surface area contributed by atoms with Gasteiger partial charge in [-0.3, -0.25) is 4.79 Å². The summed E-state index contributed by atoms with van der Waals surface area (Å²) in [6.07, 6.45) is 0.802. The summed E-state index contributed by atoms with van der Waals surface area (Å²) in [6.45, 7) is 0.462. The fraction of sp³-hybridized carbons (Fsp3) is 0.381. The number of primary amides is 1. The minimum atomic E-state index is -3.99. The van der Waals surface area contributed by atoms with E-state index in [0.717, 1.165) is 0 Å². The Morgan fingerprint density at radius 3 is 2.10 bits per heavy atom. The lowest BCUT2D eigenvalue weighted by atomic mass is 10.1. The zero-order chi connectivity index (χ0) is 22.6. The van der Waals surface area contributed by atoms with Crippen molar-refractivity contribution in [1.29, 1.82) is 0 Å². The first-order chi connectivity index (χ1) is 14.8. The van der Waals surface area contributed by atoms with Crippen LogP contribution < -0.4 is 24.7 Å². The third-order valence-corrected chi connectivity index (χ3v) is 7.08. The number of nitrogens with two attached hydrogens (primary N) is 1. The average molecular weight is 451 g/mol. The summed E-state index contributed by atoms with van der Waals surface area (Å²) in [6, 6.07) is 10.1. The second-order valence-electron chi connectivity index (χ2n) is 6.91. The molecule has 0 aliphatic carbocycles. The second kappa shape index (κ2) is 9.44. The van der Waals surface area contributed by atoms with Crippen LogP contribution in [0, 0.1) is 0 Å². The molecule has 10 heteroatoms. The number of ether oxygens (including phenoxy) is 4. The summed E-state index contributed by atoms with van der Waals surface area (Å²) >= 11 is 0. The van der Waals surface area contributed by atoms with E-state index >= 15 is 0 Å². The summed E-state index contributed by atoms with van der Waals surface area (Å²) in [5.41, 5.74) is 5.26. The van der Waals surface area contributed by atoms with Crippen molar-refractivity contribution in [1.82, 2.24) is 4.31 Å². The minimum absolute atomic E-state index is 0.00883. The SMILES string of the molecule is COc1ccccc1OC1CCN(S(=O)(=O)c2ccc(OC)c(OC)c2C(N)=O)CC1. The van der Waals surface area contributed by atoms with Gasteiger partial charge in [-0.25, -0.2) is 8.42 Å². The summed E-state index contributed by atoms with van der Waals surface area (Å²) in [5, 5.41) is 0. The molecular formula is C21H26N2O7S. The summed E-state index contributed by atoms with van der Waals surface area (Å²) < 4.78 is 49.6. The van der Waals surface area contributed by atoms with Gasteiger partial charge >= 0.3 is 0 Å². The van der Waals surface area contributed by atoms with Gasteiger partial charge in [0.05, 0.1) is 26.2 Å². The van der Waals surface area contributed by atoms with Gasteiger partial charge in [-0.1, -0.05) is 12.1 Å². The maximum atomic E-state index is 13.3. The molecule has 0 aromatic heterocycles. The minimum Gasteiger partial charge on any atom is -0.493 e. The van der Waals surface area contributed by atoms with E-state index in [9.17, 15) is 13.2 Å². The Morgan fingerprint density at radius 2 is 1.55 bits per heavy atom. The highest BCUT2D eigenvalue weighted by molar-refractivity contribution is 7.89. The topological polar surface area (TPSA) is 117 Å². The molecule has 31 heavy (non-hydrogen) atoms. The molecule has 2 aromatic rings. The molecule has 0 bridgehead atoms. The lowest BCUT2D eigenvalue weighted by molar-refractivity contribution is 0.0992. The Kier molecular flexibility index (Phi) is 6.91. The first kappa shape index (κ1) is 22.7. The number of amides is 1. The van der Waals surface area contributed by atoms with Crippen LogP contribution >= 0.6 is 0 Å². The highest BCUT2D eigenvalue weighted by Crippen LogP contribution is 2.37. The Bertz CT molecular complexity index is 1050. The van der Waals surface area contributed by atoms with Gasteiger partial charge in [-0.05, 0) is 37.1 Å². The number of piperidine rings is 1. The van der Waals surface area contributed by atoms with E-state index in [1.807, 2.05) is 18.2 Å². The number of nitrogens with zero attached hydrogens (tertiary/aromatic N) is 1. The molecule has 0 radical (unpaired) electrons. The van der Waals surface area contributed by atoms with Crippen molar-refractivity contribution in [2.45, 2.75) is 23.8 Å². The van der Waals surface area contributed by atoms with Crippen LogP contribution in [0.5, 0.6) is 23.0 Å². The van der Waals surface area contributed by atoms with E-state index in [1.165, 1.54) is 30.7 Å². The number of para-hydroxylation sites is 2. The monoisotopic (exact) mass is 450 g/mol. The standard InChI is InChI=1S/C21H26N2O7S/c1-27-15-6-4-5-7-16(15)30-14-10-12-23(13-11-14)31(25,26)18-9-8-17(28-2)20(29-3)19(18)21(22)24/h4-9,14H,10-13H2,1-3H3,(H2,22,24). The van der Waals surface area contributed by atoms with Crippen molar-refractivity contribution in [3.63, 3.8) is 0 Å². The number of carbonyl (C=O) groups is 1. The van der Waals surface area contributed by atoms with Crippen molar-refractivity contribution >= 4 is 15.9 Å². The highest BCUT2D eigenvalue weighted by atomic mass is 32.2. The normalized spacial score (nSPS) is 15.3. The fourth-order valence-electron chi connectivity index (χ4n) is 3.58. The summed E-state index contributed by atoms with van der Waals surface area (Å²) in [4.78, 5) is 11.9. The molecule has 2 N–H and O–H groups in total. The first-order valence-electron chi connectivity index (χ1n) is 9.68. The molecule has 3 rings (SSSR count). The highest BCUT2D eigenvalue weighted by Gasteiger charge is 2.35. The van der Waals surface area contributed by atoms with Gasteiger partial charge in [0.25, 0.3) is 5.91 Å². The second-order valence-corrected chi connectivity index (χ2v) is 8.82. The van der Waals surface area contributed by atoms with E-state index < -0.39 is 15.9 Å². The summed E-state index contributed by atoms with van der Waals surface area (Å²) in [5.74, 6) is 0.532. The van der Waals surface area contributed by atoms with E-state index in [2.05, 4.69) is 0 Å². The quantitative estimate of drug-likeness (QED) is 0.654. The molecule has 1 fully saturated rings. The van der Waals surface area contributed by atoms with Gasteiger partial charge in [-0.2, -0.15) is 4.31 Å². The number of hydrogen-bond acceptors (Lipinski definition) is 7. The van der Waals surface area contributed by atoms with Gasteiger partial charge in [0.15, 0.2) is 23.0 Å². The summed E-state index contributed by atoms with van der Waals surface area (Å²) in [7, 11) is 0.292. The van der Waals surface area contributed by atoms with E-state index in [0.29, 0.717) is 24.3 Å². The molecule has 9 nitrogen and oxygen atoms in total. The van der Waals surface area contributed by atoms with Crippen LogP contribution in [0.15, 0.2) is 41.3 Å². The van der Waals surface area contributed by atoms with Crippen LogP contribution in [-0.4, -0.2) is 59.2 Å². The Balaban J connectivity index is 1.81. The van der Waals surface area contributed by atoms with E-state index in [4.69, 9.17) is 24.7 Å². The lowest BCUT2D eigenvalue weighted by Gasteiger charge is -2.32. The zero-order valence-electron chi connectivity index (χ0n) is 17.7. The number of sulfonamides is 1. The lowest BCUT2D eigenvalue weighted by Crippen LogP contribution is -2.42. The Labute approximate surface area is 181 Å². The molecule has 0 unspecified atom stereocenters. The Morgan fingerprint density at radius 1 is 0.935 bits per heavy atom. The van der Waals surface area contributed by atoms with Crippen LogP contribution in [-0.2, 0) is 10.0 Å². The number of methoxy groups -OCH3 is 3. The van der Waals surface area contributed by atoms with Crippen molar-refractivity contribution in [3.05, 3.63) is 42.0 Å². The molecule has 2 aromatic carbocycles. The van der Waals surface area contributed by atoms with Crippen LogP contribution in [0.25, 0.3) is 0 Å². The molecule has 1 heterocycles. The van der Waals surface area contributed by atoms with Gasteiger partial charge in [-0.15, -0.1) is 0 Å². The molecule has 1 saturated heterocycles. The predicted molar refractivity (Wildman–Crippen MR) is 113 cm³/mol. The largest absolute Gasteiger partial charge is 0.493 e. The Hall–Kier alpha value is -2.98. The number of hydrogen-bond donors (Lipinski definition) is 1. The van der Waals surface area contributed by atoms with Crippen LogP contribution in [0.1, 0.15) is 23.2 Å². The molecule has 0 atom stereocenters. The molecule has 1 aliphatic heterocycles. The first-order valence-corrected chi connectivity index (χ1v) is 11.1. The van der Waals surface area contributed by atoms with Crippen LogP contribution in [0.2, 0.25) is 0 Å². The van der Waals surface area contributed by atoms with Gasteiger partial charge < -0.3 is 24.7 Å². The van der Waals surface area contributed by atoms with Crippen molar-refractivity contribution in [3.8, 4) is 23.0 Å². The van der Waals surface area contributed by atoms with E-state index in [-0.39, 0.29) is 41.2 Å². The van der Waals surface area contributed by atoms with Crippen molar-refractivity contribution in [2.75, 3.05) is 34.4 Å². The maximum absolute atomic E-state index is 13.3. The number of rotatable bonds is 8. The van der Waals surface area contributed by atoms with Crippen LogP contribution in [0.4, 0.5) is 0 Å². The molecule has 1 amide bonds. The maximum Gasteiger partial charge on any atom is 0.254 e. The number of carbonyl (C=O) groups excluding carboxylic acids is 1. The molecule has 0 saturated carbocycles. The zero-order valence-corrected chi connectivity index (χ0v) is 18.5. The molecule has 1 aliphatic rings.